The summed E-state index contributed by atoms with van der Waals surface area (Å²) in [5.41, 5.74) is 6.12. The van der Waals surface area contributed by atoms with Gasteiger partial charge in [0.1, 0.15) is 0 Å². The van der Waals surface area contributed by atoms with Crippen molar-refractivity contribution in [2.24, 2.45) is 5.73 Å². The quantitative estimate of drug-likeness (QED) is 0.694. The zero-order chi connectivity index (χ0) is 9.68. The van der Waals surface area contributed by atoms with Gasteiger partial charge in [-0.05, 0) is 19.9 Å². The molecule has 76 valence electrons. The molecule has 0 aromatic heterocycles. The van der Waals surface area contributed by atoms with Gasteiger partial charge in [-0.1, -0.05) is 6.08 Å². The summed E-state index contributed by atoms with van der Waals surface area (Å²) in [5, 5.41) is 0. The number of hydrogen-bond acceptors (Lipinski definition) is 3. The number of nitrogens with zero attached hydrogens (tertiary/aromatic N) is 1. The zero-order valence-corrected chi connectivity index (χ0v) is 9.22. The number of nitrogens with two attached hydrogens (primary N) is 1. The third-order valence-electron chi connectivity index (χ3n) is 2.64. The van der Waals surface area contributed by atoms with E-state index in [1.54, 1.807) is 0 Å². The van der Waals surface area contributed by atoms with Gasteiger partial charge in [-0.3, -0.25) is 0 Å². The molecule has 0 amide bonds. The second-order valence-electron chi connectivity index (χ2n) is 3.65. The molecule has 0 aromatic rings. The molecule has 1 saturated heterocycles. The summed E-state index contributed by atoms with van der Waals surface area (Å²) in [6, 6.07) is 0.884. The minimum atomic E-state index is 0.316. The van der Waals surface area contributed by atoms with Crippen molar-refractivity contribution in [1.29, 1.82) is 0 Å². The maximum absolute atomic E-state index is 6.12. The van der Waals surface area contributed by atoms with Crippen LogP contribution in [0.25, 0.3) is 0 Å². The predicted molar refractivity (Wildman–Crippen MR) is 61.1 cm³/mol. The second-order valence-corrected chi connectivity index (χ2v) is 4.80. The third-order valence-corrected chi connectivity index (χ3v) is 3.69. The van der Waals surface area contributed by atoms with Crippen molar-refractivity contribution in [3.05, 3.63) is 12.7 Å². The Bertz CT molecular complexity index is 161. The molecule has 1 rings (SSSR count). The Morgan fingerprint density at radius 3 is 3.15 bits per heavy atom. The second kappa shape index (κ2) is 5.68. The van der Waals surface area contributed by atoms with Gasteiger partial charge in [0.25, 0.3) is 0 Å². The third kappa shape index (κ3) is 3.33. The van der Waals surface area contributed by atoms with E-state index >= 15 is 0 Å². The minimum Gasteiger partial charge on any atom is -0.326 e. The molecule has 0 radical (unpaired) electrons. The highest BCUT2D eigenvalue weighted by atomic mass is 32.2. The van der Waals surface area contributed by atoms with Crippen LogP contribution in [-0.2, 0) is 0 Å². The molecular formula is C10H20N2S. The fourth-order valence-electron chi connectivity index (χ4n) is 1.66. The van der Waals surface area contributed by atoms with E-state index in [9.17, 15) is 0 Å². The smallest absolute Gasteiger partial charge is 0.0335 e. The maximum atomic E-state index is 6.12. The SMILES string of the molecule is C=CCCC(N)C1CSCCN1C. The molecule has 0 saturated carbocycles. The average Bonchev–Trinajstić information content (AvgIpc) is 2.15. The molecule has 2 N–H and O–H groups in total. The van der Waals surface area contributed by atoms with Gasteiger partial charge in [0.05, 0.1) is 0 Å². The van der Waals surface area contributed by atoms with Gasteiger partial charge < -0.3 is 10.6 Å². The van der Waals surface area contributed by atoms with Crippen molar-refractivity contribution < 1.29 is 0 Å². The molecule has 1 heterocycles. The topological polar surface area (TPSA) is 29.3 Å². The number of allylic oxidation sites excluding steroid dienone is 1. The van der Waals surface area contributed by atoms with Gasteiger partial charge in [0, 0.05) is 30.1 Å². The van der Waals surface area contributed by atoms with Gasteiger partial charge in [0.15, 0.2) is 0 Å². The zero-order valence-electron chi connectivity index (χ0n) is 8.41. The molecule has 2 atom stereocenters. The molecule has 0 bridgehead atoms. The number of rotatable bonds is 4. The Hall–Kier alpha value is 0.01000. The van der Waals surface area contributed by atoms with Crippen molar-refractivity contribution in [2.45, 2.75) is 24.9 Å². The Balaban J connectivity index is 2.34. The first-order valence-electron chi connectivity index (χ1n) is 4.90. The molecule has 1 fully saturated rings. The highest BCUT2D eigenvalue weighted by Gasteiger charge is 2.24. The van der Waals surface area contributed by atoms with Gasteiger partial charge in [-0.2, -0.15) is 11.8 Å². The Morgan fingerprint density at radius 1 is 1.77 bits per heavy atom. The summed E-state index contributed by atoms with van der Waals surface area (Å²) >= 11 is 2.02. The first-order valence-corrected chi connectivity index (χ1v) is 6.05. The Kier molecular flexibility index (Phi) is 4.84. The van der Waals surface area contributed by atoms with Crippen LogP contribution in [0, 0.1) is 0 Å². The molecule has 0 aliphatic carbocycles. The fourth-order valence-corrected chi connectivity index (χ4v) is 2.99. The first kappa shape index (κ1) is 11.1. The average molecular weight is 200 g/mol. The lowest BCUT2D eigenvalue weighted by atomic mass is 10.0. The van der Waals surface area contributed by atoms with E-state index in [0.29, 0.717) is 12.1 Å². The molecule has 1 aliphatic rings. The minimum absolute atomic E-state index is 0.316. The van der Waals surface area contributed by atoms with Crippen LogP contribution in [0.4, 0.5) is 0 Å². The highest BCUT2D eigenvalue weighted by Crippen LogP contribution is 2.18. The van der Waals surface area contributed by atoms with Crippen LogP contribution in [0.15, 0.2) is 12.7 Å². The largest absolute Gasteiger partial charge is 0.326 e. The number of likely N-dealkylation sites (N-methyl/N-ethyl adjacent to an activating group) is 1. The Labute approximate surface area is 85.6 Å². The molecule has 1 aliphatic heterocycles. The van der Waals surface area contributed by atoms with Crippen LogP contribution in [0.3, 0.4) is 0 Å². The van der Waals surface area contributed by atoms with E-state index in [1.807, 2.05) is 17.8 Å². The molecule has 2 nitrogen and oxygen atoms in total. The van der Waals surface area contributed by atoms with E-state index < -0.39 is 0 Å². The van der Waals surface area contributed by atoms with Crippen molar-refractivity contribution in [3.8, 4) is 0 Å². The molecule has 0 spiro atoms. The summed E-state index contributed by atoms with van der Waals surface area (Å²) in [6.07, 6.45) is 4.06. The van der Waals surface area contributed by atoms with Crippen molar-refractivity contribution in [3.63, 3.8) is 0 Å². The van der Waals surface area contributed by atoms with Crippen LogP contribution in [0.1, 0.15) is 12.8 Å². The molecule has 13 heavy (non-hydrogen) atoms. The lowest BCUT2D eigenvalue weighted by Gasteiger charge is -2.36. The molecule has 0 aromatic carbocycles. The summed E-state index contributed by atoms with van der Waals surface area (Å²) in [7, 11) is 2.18. The van der Waals surface area contributed by atoms with Crippen LogP contribution >= 0.6 is 11.8 Å². The van der Waals surface area contributed by atoms with Crippen molar-refractivity contribution in [2.75, 3.05) is 25.1 Å². The van der Waals surface area contributed by atoms with Gasteiger partial charge in [-0.25, -0.2) is 0 Å². The molecule has 2 unspecified atom stereocenters. The Morgan fingerprint density at radius 2 is 2.54 bits per heavy atom. The van der Waals surface area contributed by atoms with Crippen LogP contribution in [-0.4, -0.2) is 42.1 Å². The lowest BCUT2D eigenvalue weighted by Crippen LogP contribution is -2.50. The van der Waals surface area contributed by atoms with Crippen molar-refractivity contribution >= 4 is 11.8 Å². The maximum Gasteiger partial charge on any atom is 0.0335 e. The first-order chi connectivity index (χ1) is 6.25. The van der Waals surface area contributed by atoms with Gasteiger partial charge in [0.2, 0.25) is 0 Å². The number of hydrogen-bond donors (Lipinski definition) is 1. The van der Waals surface area contributed by atoms with Gasteiger partial charge >= 0.3 is 0 Å². The van der Waals surface area contributed by atoms with E-state index in [2.05, 4.69) is 18.5 Å². The van der Waals surface area contributed by atoms with E-state index in [0.717, 1.165) is 12.8 Å². The van der Waals surface area contributed by atoms with Crippen LogP contribution in [0.2, 0.25) is 0 Å². The molecule has 3 heteroatoms. The van der Waals surface area contributed by atoms with Crippen LogP contribution in [0.5, 0.6) is 0 Å². The van der Waals surface area contributed by atoms with Crippen LogP contribution < -0.4 is 5.73 Å². The van der Waals surface area contributed by atoms with E-state index in [1.165, 1.54) is 18.1 Å². The number of thioether (sulfide) groups is 1. The van der Waals surface area contributed by atoms with E-state index in [4.69, 9.17) is 5.73 Å². The molecular weight excluding hydrogens is 180 g/mol. The fraction of sp³-hybridized carbons (Fsp3) is 0.800. The monoisotopic (exact) mass is 200 g/mol. The predicted octanol–water partition coefficient (Wildman–Crippen LogP) is 1.33. The normalized spacial score (nSPS) is 27.1. The standard InChI is InChI=1S/C10H20N2S/c1-3-4-5-9(11)10-8-13-7-6-12(10)2/h3,9-10H,1,4-8,11H2,2H3. The summed E-state index contributed by atoms with van der Waals surface area (Å²) in [6.45, 7) is 4.90. The van der Waals surface area contributed by atoms with Gasteiger partial charge in [-0.15, -0.1) is 6.58 Å². The van der Waals surface area contributed by atoms with Crippen molar-refractivity contribution in [1.82, 2.24) is 4.90 Å². The summed E-state index contributed by atoms with van der Waals surface area (Å²) in [5.74, 6) is 2.44. The highest BCUT2D eigenvalue weighted by molar-refractivity contribution is 7.99. The summed E-state index contributed by atoms with van der Waals surface area (Å²) in [4.78, 5) is 2.39. The lowest BCUT2D eigenvalue weighted by molar-refractivity contribution is 0.231. The summed E-state index contributed by atoms with van der Waals surface area (Å²) < 4.78 is 0. The van der Waals surface area contributed by atoms with E-state index in [-0.39, 0.29) is 0 Å².